The summed E-state index contributed by atoms with van der Waals surface area (Å²) in [5.74, 6) is 0.0835. The molecule has 1 atom stereocenters. The van der Waals surface area contributed by atoms with Gasteiger partial charge in [-0.1, -0.05) is 40.2 Å². The van der Waals surface area contributed by atoms with Crippen molar-refractivity contribution in [1.82, 2.24) is 19.6 Å². The first-order valence-electron chi connectivity index (χ1n) is 13.1. The van der Waals surface area contributed by atoms with Gasteiger partial charge in [0.1, 0.15) is 0 Å². The number of carbonyl (C=O) groups excluding carboxylic acids is 1. The van der Waals surface area contributed by atoms with Gasteiger partial charge in [-0.3, -0.25) is 14.4 Å². The van der Waals surface area contributed by atoms with Crippen LogP contribution in [-0.2, 0) is 24.3 Å². The summed E-state index contributed by atoms with van der Waals surface area (Å²) in [5, 5.41) is 16.1. The third-order valence-corrected chi connectivity index (χ3v) is 8.16. The summed E-state index contributed by atoms with van der Waals surface area (Å²) in [6, 6.07) is 14.8. The lowest BCUT2D eigenvalue weighted by atomic mass is 10.0. The molecule has 2 aromatic carbocycles. The quantitative estimate of drug-likeness (QED) is 0.489. The highest BCUT2D eigenvalue weighted by Gasteiger charge is 2.28. The molecule has 2 aliphatic rings. The molecule has 3 heterocycles. The Hall–Kier alpha value is -2.68. The lowest BCUT2D eigenvalue weighted by Gasteiger charge is -2.37. The zero-order chi connectivity index (χ0) is 26.1. The number of fused-ring (bicyclic) bond motifs is 1. The first kappa shape index (κ1) is 25.9. The Labute approximate surface area is 227 Å². The molecule has 7 nitrogen and oxygen atoms in total. The number of benzene rings is 2. The van der Waals surface area contributed by atoms with Crippen LogP contribution in [0.4, 0.5) is 5.69 Å². The molecule has 37 heavy (non-hydrogen) atoms. The van der Waals surface area contributed by atoms with Crippen LogP contribution in [-0.4, -0.2) is 76.0 Å². The number of aliphatic hydroxyl groups is 1. The van der Waals surface area contributed by atoms with E-state index in [2.05, 4.69) is 69.9 Å². The van der Waals surface area contributed by atoms with E-state index in [1.54, 1.807) is 6.92 Å². The smallest absolute Gasteiger partial charge is 0.219 e. The Morgan fingerprint density at radius 3 is 2.46 bits per heavy atom. The minimum atomic E-state index is -0.514. The summed E-state index contributed by atoms with van der Waals surface area (Å²) in [7, 11) is 0. The standard InChI is InChI=1S/C29H36BrN5O2/c1-20-4-5-21(2)28(16-20)33-14-12-32(13-15-33)17-25(37)18-35-27-10-11-34(22(3)36)19-26(27)29(31-35)23-6-8-24(30)9-7-23/h4-9,16,25,37H,10-15,17-19H2,1-3H3/t25-/m1/s1. The van der Waals surface area contributed by atoms with Crippen LogP contribution in [0.3, 0.4) is 0 Å². The Balaban J connectivity index is 1.27. The number of amides is 1. The zero-order valence-electron chi connectivity index (χ0n) is 22.0. The summed E-state index contributed by atoms with van der Waals surface area (Å²) < 4.78 is 3.00. The van der Waals surface area contributed by atoms with Crippen LogP contribution < -0.4 is 4.90 Å². The van der Waals surface area contributed by atoms with Gasteiger partial charge in [0.25, 0.3) is 0 Å². The van der Waals surface area contributed by atoms with Gasteiger partial charge in [0, 0.05) is 86.1 Å². The Bertz CT molecular complexity index is 1260. The van der Waals surface area contributed by atoms with Crippen LogP contribution in [0.15, 0.2) is 46.9 Å². The highest BCUT2D eigenvalue weighted by atomic mass is 79.9. The zero-order valence-corrected chi connectivity index (χ0v) is 23.5. The van der Waals surface area contributed by atoms with Crippen molar-refractivity contribution in [2.45, 2.75) is 46.4 Å². The molecular weight excluding hydrogens is 530 g/mol. The van der Waals surface area contributed by atoms with Crippen LogP contribution in [0, 0.1) is 13.8 Å². The molecule has 3 aromatic rings. The first-order chi connectivity index (χ1) is 17.8. The number of aliphatic hydroxyl groups excluding tert-OH is 1. The third kappa shape index (κ3) is 5.76. The van der Waals surface area contributed by atoms with Crippen molar-refractivity contribution in [3.05, 3.63) is 69.3 Å². The molecule has 1 fully saturated rings. The van der Waals surface area contributed by atoms with Crippen molar-refractivity contribution in [1.29, 1.82) is 0 Å². The van der Waals surface area contributed by atoms with E-state index in [-0.39, 0.29) is 5.91 Å². The van der Waals surface area contributed by atoms with Crippen molar-refractivity contribution in [3.8, 4) is 11.3 Å². The van der Waals surface area contributed by atoms with E-state index >= 15 is 0 Å². The van der Waals surface area contributed by atoms with Crippen LogP contribution in [0.5, 0.6) is 0 Å². The number of aryl methyl sites for hydroxylation is 2. The molecule has 0 unspecified atom stereocenters. The van der Waals surface area contributed by atoms with Gasteiger partial charge in [-0.05, 0) is 43.2 Å². The van der Waals surface area contributed by atoms with Gasteiger partial charge in [0.05, 0.1) is 18.3 Å². The van der Waals surface area contributed by atoms with E-state index in [1.165, 1.54) is 16.8 Å². The van der Waals surface area contributed by atoms with Gasteiger partial charge >= 0.3 is 0 Å². The van der Waals surface area contributed by atoms with Crippen molar-refractivity contribution in [2.75, 3.05) is 44.2 Å². The molecule has 0 aliphatic carbocycles. The van der Waals surface area contributed by atoms with E-state index in [0.717, 1.165) is 59.6 Å². The topological polar surface area (TPSA) is 64.8 Å². The highest BCUT2D eigenvalue weighted by Crippen LogP contribution is 2.31. The van der Waals surface area contributed by atoms with Crippen molar-refractivity contribution in [2.24, 2.45) is 0 Å². The van der Waals surface area contributed by atoms with E-state index in [9.17, 15) is 9.90 Å². The van der Waals surface area contributed by atoms with E-state index in [0.29, 0.717) is 26.2 Å². The second-order valence-electron chi connectivity index (χ2n) is 10.4. The maximum Gasteiger partial charge on any atom is 0.219 e. The number of halogens is 1. The Morgan fingerprint density at radius 1 is 1.03 bits per heavy atom. The maximum absolute atomic E-state index is 12.1. The highest BCUT2D eigenvalue weighted by molar-refractivity contribution is 9.10. The lowest BCUT2D eigenvalue weighted by molar-refractivity contribution is -0.129. The fraction of sp³-hybridized carbons (Fsp3) is 0.448. The van der Waals surface area contributed by atoms with Gasteiger partial charge in [0.2, 0.25) is 5.91 Å². The molecule has 1 saturated heterocycles. The summed E-state index contributed by atoms with van der Waals surface area (Å²) >= 11 is 3.51. The number of nitrogens with zero attached hydrogens (tertiary/aromatic N) is 5. The maximum atomic E-state index is 12.1. The van der Waals surface area contributed by atoms with Gasteiger partial charge in [-0.2, -0.15) is 5.10 Å². The molecule has 5 rings (SSSR count). The Morgan fingerprint density at radius 2 is 1.76 bits per heavy atom. The van der Waals surface area contributed by atoms with Gasteiger partial charge in [-0.25, -0.2) is 0 Å². The average Bonchev–Trinajstić information content (AvgIpc) is 3.24. The Kier molecular flexibility index (Phi) is 7.70. The molecule has 196 valence electrons. The normalized spacial score (nSPS) is 17.1. The molecule has 0 spiro atoms. The van der Waals surface area contributed by atoms with Gasteiger partial charge in [-0.15, -0.1) is 0 Å². The molecule has 1 amide bonds. The number of hydrogen-bond acceptors (Lipinski definition) is 5. The number of β-amino-alcohol motifs (C(OH)–C–C–N with tert-alkyl or cyclic N) is 1. The molecule has 0 saturated carbocycles. The molecule has 2 aliphatic heterocycles. The van der Waals surface area contributed by atoms with Crippen LogP contribution >= 0.6 is 15.9 Å². The SMILES string of the molecule is CC(=O)N1CCc2c(c(-c3ccc(Br)cc3)nn2C[C@H](O)CN2CCN(c3cc(C)ccc3C)CC2)C1. The monoisotopic (exact) mass is 565 g/mol. The second kappa shape index (κ2) is 11.0. The second-order valence-corrected chi connectivity index (χ2v) is 11.3. The van der Waals surface area contributed by atoms with Crippen molar-refractivity contribution < 1.29 is 9.90 Å². The largest absolute Gasteiger partial charge is 0.390 e. The molecule has 1 aromatic heterocycles. The molecule has 8 heteroatoms. The summed E-state index contributed by atoms with van der Waals surface area (Å²) in [5.41, 5.74) is 8.08. The summed E-state index contributed by atoms with van der Waals surface area (Å²) in [4.78, 5) is 18.8. The third-order valence-electron chi connectivity index (χ3n) is 7.63. The number of rotatable bonds is 6. The minimum Gasteiger partial charge on any atom is -0.390 e. The summed E-state index contributed by atoms with van der Waals surface area (Å²) in [6.07, 6.45) is 0.236. The summed E-state index contributed by atoms with van der Waals surface area (Å²) in [6.45, 7) is 12.1. The lowest BCUT2D eigenvalue weighted by Crippen LogP contribution is -2.49. The molecule has 1 N–H and O–H groups in total. The van der Waals surface area contributed by atoms with Crippen molar-refractivity contribution in [3.63, 3.8) is 0 Å². The fourth-order valence-electron chi connectivity index (χ4n) is 5.54. The molecule has 0 radical (unpaired) electrons. The average molecular weight is 567 g/mol. The predicted octanol–water partition coefficient (Wildman–Crippen LogP) is 4.02. The number of carbonyl (C=O) groups is 1. The number of anilines is 1. The first-order valence-corrected chi connectivity index (χ1v) is 13.9. The van der Waals surface area contributed by atoms with Crippen LogP contribution in [0.25, 0.3) is 11.3 Å². The van der Waals surface area contributed by atoms with Gasteiger partial charge < -0.3 is 14.9 Å². The van der Waals surface area contributed by atoms with E-state index in [1.807, 2.05) is 21.7 Å². The number of hydrogen-bond donors (Lipinski definition) is 1. The minimum absolute atomic E-state index is 0.0835. The van der Waals surface area contributed by atoms with Crippen LogP contribution in [0.2, 0.25) is 0 Å². The van der Waals surface area contributed by atoms with Crippen LogP contribution in [0.1, 0.15) is 29.3 Å². The predicted molar refractivity (Wildman–Crippen MR) is 151 cm³/mol. The van der Waals surface area contributed by atoms with Gasteiger partial charge in [0.15, 0.2) is 0 Å². The fourth-order valence-corrected chi connectivity index (χ4v) is 5.80. The molecular formula is C29H36BrN5O2. The van der Waals surface area contributed by atoms with Crippen molar-refractivity contribution >= 4 is 27.5 Å². The van der Waals surface area contributed by atoms with E-state index in [4.69, 9.17) is 5.10 Å². The molecule has 0 bridgehead atoms. The number of aromatic nitrogens is 2. The number of piperazine rings is 1. The van der Waals surface area contributed by atoms with E-state index < -0.39 is 6.10 Å².